The standard InChI is InChI=1S/C14H19ClFN/c1-10(12-4-2-3-5-12)17-9-11-6-13(15)8-14(16)7-11/h6-8,10,12,17H,2-5,9H2,1H3. The van der Waals surface area contributed by atoms with Crippen LogP contribution in [0.4, 0.5) is 4.39 Å². The van der Waals surface area contributed by atoms with Crippen LogP contribution < -0.4 is 5.32 Å². The van der Waals surface area contributed by atoms with E-state index in [0.29, 0.717) is 17.6 Å². The van der Waals surface area contributed by atoms with Crippen molar-refractivity contribution in [3.05, 3.63) is 34.6 Å². The molecule has 1 saturated carbocycles. The molecule has 0 aliphatic heterocycles. The lowest BCUT2D eigenvalue weighted by molar-refractivity contribution is 0.380. The van der Waals surface area contributed by atoms with Gasteiger partial charge in [0.25, 0.3) is 0 Å². The summed E-state index contributed by atoms with van der Waals surface area (Å²) in [6.07, 6.45) is 5.33. The van der Waals surface area contributed by atoms with Crippen molar-refractivity contribution in [1.29, 1.82) is 0 Å². The van der Waals surface area contributed by atoms with Crippen LogP contribution in [0.1, 0.15) is 38.2 Å². The van der Waals surface area contributed by atoms with E-state index < -0.39 is 0 Å². The third-order valence-electron chi connectivity index (χ3n) is 3.66. The van der Waals surface area contributed by atoms with Crippen molar-refractivity contribution < 1.29 is 4.39 Å². The molecule has 1 N–H and O–H groups in total. The Bertz CT molecular complexity index is 354. The molecule has 1 aromatic rings. The molecule has 1 atom stereocenters. The van der Waals surface area contributed by atoms with Gasteiger partial charge < -0.3 is 5.32 Å². The first-order valence-corrected chi connectivity index (χ1v) is 6.71. The van der Waals surface area contributed by atoms with Crippen molar-refractivity contribution in [3.63, 3.8) is 0 Å². The number of nitrogens with one attached hydrogen (secondary N) is 1. The van der Waals surface area contributed by atoms with Crippen LogP contribution in [0.5, 0.6) is 0 Å². The molecule has 0 saturated heterocycles. The molecule has 1 aliphatic rings. The summed E-state index contributed by atoms with van der Waals surface area (Å²) in [6.45, 7) is 2.91. The summed E-state index contributed by atoms with van der Waals surface area (Å²) in [5.41, 5.74) is 0.917. The minimum Gasteiger partial charge on any atom is -0.310 e. The molecule has 0 spiro atoms. The van der Waals surface area contributed by atoms with E-state index in [1.54, 1.807) is 6.07 Å². The Morgan fingerprint density at radius 2 is 2.06 bits per heavy atom. The van der Waals surface area contributed by atoms with Crippen molar-refractivity contribution in [1.82, 2.24) is 5.32 Å². The van der Waals surface area contributed by atoms with Crippen molar-refractivity contribution in [2.24, 2.45) is 5.92 Å². The van der Waals surface area contributed by atoms with E-state index in [9.17, 15) is 4.39 Å². The van der Waals surface area contributed by atoms with Crippen LogP contribution in [-0.2, 0) is 6.54 Å². The van der Waals surface area contributed by atoms with Gasteiger partial charge in [-0.05, 0) is 49.4 Å². The number of hydrogen-bond donors (Lipinski definition) is 1. The summed E-state index contributed by atoms with van der Waals surface area (Å²) < 4.78 is 13.1. The highest BCUT2D eigenvalue weighted by atomic mass is 35.5. The molecule has 0 heterocycles. The van der Waals surface area contributed by atoms with Crippen LogP contribution in [0.25, 0.3) is 0 Å². The average molecular weight is 256 g/mol. The second-order valence-corrected chi connectivity index (χ2v) is 5.43. The van der Waals surface area contributed by atoms with Crippen LogP contribution in [0.3, 0.4) is 0 Å². The minimum absolute atomic E-state index is 0.261. The van der Waals surface area contributed by atoms with Gasteiger partial charge in [-0.3, -0.25) is 0 Å². The van der Waals surface area contributed by atoms with E-state index in [4.69, 9.17) is 11.6 Å². The number of hydrogen-bond acceptors (Lipinski definition) is 1. The Balaban J connectivity index is 1.88. The van der Waals surface area contributed by atoms with Crippen LogP contribution in [0.2, 0.25) is 5.02 Å². The lowest BCUT2D eigenvalue weighted by Gasteiger charge is -2.20. The second-order valence-electron chi connectivity index (χ2n) is 4.99. The molecule has 1 fully saturated rings. The fourth-order valence-corrected chi connectivity index (χ4v) is 2.86. The minimum atomic E-state index is -0.261. The summed E-state index contributed by atoms with van der Waals surface area (Å²) in [5, 5.41) is 3.94. The van der Waals surface area contributed by atoms with E-state index in [2.05, 4.69) is 12.2 Å². The Kier molecular flexibility index (Phi) is 4.41. The van der Waals surface area contributed by atoms with E-state index in [0.717, 1.165) is 11.5 Å². The van der Waals surface area contributed by atoms with Crippen molar-refractivity contribution in [2.75, 3.05) is 0 Å². The third kappa shape index (κ3) is 3.68. The van der Waals surface area contributed by atoms with E-state index in [1.165, 1.54) is 31.7 Å². The molecule has 0 radical (unpaired) electrons. The molecule has 94 valence electrons. The lowest BCUT2D eigenvalue weighted by Crippen LogP contribution is -2.31. The highest BCUT2D eigenvalue weighted by Crippen LogP contribution is 2.27. The van der Waals surface area contributed by atoms with Gasteiger partial charge in [0.05, 0.1) is 0 Å². The van der Waals surface area contributed by atoms with E-state index in [1.807, 2.05) is 6.07 Å². The van der Waals surface area contributed by atoms with Crippen LogP contribution in [0, 0.1) is 11.7 Å². The van der Waals surface area contributed by atoms with Gasteiger partial charge in [0.1, 0.15) is 5.82 Å². The summed E-state index contributed by atoms with van der Waals surface area (Å²) in [4.78, 5) is 0. The molecule has 0 amide bonds. The summed E-state index contributed by atoms with van der Waals surface area (Å²) in [6, 6.07) is 5.20. The Morgan fingerprint density at radius 3 is 2.71 bits per heavy atom. The molecule has 1 nitrogen and oxygen atoms in total. The van der Waals surface area contributed by atoms with Crippen LogP contribution in [-0.4, -0.2) is 6.04 Å². The highest BCUT2D eigenvalue weighted by Gasteiger charge is 2.20. The smallest absolute Gasteiger partial charge is 0.125 e. The zero-order valence-corrected chi connectivity index (χ0v) is 10.9. The van der Waals surface area contributed by atoms with Gasteiger partial charge in [-0.25, -0.2) is 4.39 Å². The van der Waals surface area contributed by atoms with Gasteiger partial charge in [0.15, 0.2) is 0 Å². The molecular formula is C14H19ClFN. The maximum Gasteiger partial charge on any atom is 0.125 e. The maximum atomic E-state index is 13.1. The fraction of sp³-hybridized carbons (Fsp3) is 0.571. The quantitative estimate of drug-likeness (QED) is 0.852. The monoisotopic (exact) mass is 255 g/mol. The molecule has 3 heteroatoms. The van der Waals surface area contributed by atoms with Crippen molar-refractivity contribution >= 4 is 11.6 Å². The van der Waals surface area contributed by atoms with Crippen LogP contribution in [0.15, 0.2) is 18.2 Å². The zero-order chi connectivity index (χ0) is 12.3. The fourth-order valence-electron chi connectivity index (χ4n) is 2.62. The number of rotatable bonds is 4. The lowest BCUT2D eigenvalue weighted by atomic mass is 9.99. The largest absolute Gasteiger partial charge is 0.310 e. The van der Waals surface area contributed by atoms with Crippen LogP contribution >= 0.6 is 11.6 Å². The molecule has 0 bridgehead atoms. The van der Waals surface area contributed by atoms with Gasteiger partial charge >= 0.3 is 0 Å². The Labute approximate surface area is 107 Å². The van der Waals surface area contributed by atoms with Gasteiger partial charge in [0.2, 0.25) is 0 Å². The highest BCUT2D eigenvalue weighted by molar-refractivity contribution is 6.30. The molecule has 17 heavy (non-hydrogen) atoms. The zero-order valence-electron chi connectivity index (χ0n) is 10.2. The van der Waals surface area contributed by atoms with E-state index >= 15 is 0 Å². The molecule has 0 aromatic heterocycles. The molecular weight excluding hydrogens is 237 g/mol. The average Bonchev–Trinajstić information content (AvgIpc) is 2.78. The summed E-state index contributed by atoms with van der Waals surface area (Å²) in [7, 11) is 0. The van der Waals surface area contributed by atoms with Gasteiger partial charge in [-0.2, -0.15) is 0 Å². The first-order valence-electron chi connectivity index (χ1n) is 6.33. The number of halogens is 2. The maximum absolute atomic E-state index is 13.1. The Morgan fingerprint density at radius 1 is 1.35 bits per heavy atom. The summed E-state index contributed by atoms with van der Waals surface area (Å²) >= 11 is 5.82. The predicted molar refractivity (Wildman–Crippen MR) is 69.7 cm³/mol. The van der Waals surface area contributed by atoms with Crippen molar-refractivity contribution in [3.8, 4) is 0 Å². The van der Waals surface area contributed by atoms with Gasteiger partial charge in [-0.1, -0.05) is 24.4 Å². The Hall–Kier alpha value is -0.600. The molecule has 2 rings (SSSR count). The first-order chi connectivity index (χ1) is 8.15. The third-order valence-corrected chi connectivity index (χ3v) is 3.88. The van der Waals surface area contributed by atoms with E-state index in [-0.39, 0.29) is 5.82 Å². The number of benzene rings is 1. The first kappa shape index (κ1) is 12.8. The normalized spacial score (nSPS) is 18.5. The van der Waals surface area contributed by atoms with Gasteiger partial charge in [-0.15, -0.1) is 0 Å². The van der Waals surface area contributed by atoms with Gasteiger partial charge in [0, 0.05) is 17.6 Å². The topological polar surface area (TPSA) is 12.0 Å². The molecule has 1 aromatic carbocycles. The summed E-state index contributed by atoms with van der Waals surface area (Å²) in [5.74, 6) is 0.516. The molecule has 1 unspecified atom stereocenters. The second kappa shape index (κ2) is 5.83. The molecule has 1 aliphatic carbocycles. The predicted octanol–water partition coefficient (Wildman–Crippen LogP) is 4.15. The SMILES string of the molecule is CC(NCc1cc(F)cc(Cl)c1)C1CCCC1. The van der Waals surface area contributed by atoms with Crippen molar-refractivity contribution in [2.45, 2.75) is 45.2 Å².